The first-order valence-corrected chi connectivity index (χ1v) is 7.26. The van der Waals surface area contributed by atoms with Crippen LogP contribution < -0.4 is 5.32 Å². The monoisotopic (exact) mass is 258 g/mol. The number of ether oxygens (including phenoxy) is 2. The molecule has 0 aromatic carbocycles. The second-order valence-electron chi connectivity index (χ2n) is 5.42. The van der Waals surface area contributed by atoms with Crippen LogP contribution in [0, 0.1) is 5.92 Å². The molecule has 0 aromatic rings. The first-order valence-electron chi connectivity index (χ1n) is 7.26. The minimum Gasteiger partial charge on any atom is -0.382 e. The molecular weight excluding hydrogens is 228 g/mol. The molecule has 1 atom stereocenters. The maximum atomic E-state index is 5.47. The van der Waals surface area contributed by atoms with Crippen LogP contribution in [0.1, 0.15) is 26.7 Å². The normalized spacial score (nSPS) is 21.7. The molecule has 1 N–H and O–H groups in total. The molecule has 1 unspecified atom stereocenters. The second-order valence-corrected chi connectivity index (χ2v) is 5.42. The van der Waals surface area contributed by atoms with E-state index in [1.807, 2.05) is 0 Å². The van der Waals surface area contributed by atoms with Gasteiger partial charge < -0.3 is 19.7 Å². The number of rotatable bonds is 9. The molecule has 0 aromatic heterocycles. The Morgan fingerprint density at radius 2 is 2.06 bits per heavy atom. The summed E-state index contributed by atoms with van der Waals surface area (Å²) >= 11 is 0. The quantitative estimate of drug-likeness (QED) is 0.633. The first-order chi connectivity index (χ1) is 8.74. The fourth-order valence-electron chi connectivity index (χ4n) is 2.28. The van der Waals surface area contributed by atoms with E-state index in [9.17, 15) is 0 Å². The predicted molar refractivity (Wildman–Crippen MR) is 75.0 cm³/mol. The van der Waals surface area contributed by atoms with Crippen molar-refractivity contribution in [1.29, 1.82) is 0 Å². The Morgan fingerprint density at radius 1 is 1.22 bits per heavy atom. The van der Waals surface area contributed by atoms with Gasteiger partial charge in [-0.05, 0) is 25.3 Å². The SMILES string of the molecule is COCCOCCCCN1CCNC(C(C)C)C1. The van der Waals surface area contributed by atoms with Crippen molar-refractivity contribution < 1.29 is 9.47 Å². The minimum atomic E-state index is 0.664. The highest BCUT2D eigenvalue weighted by atomic mass is 16.5. The number of unbranched alkanes of at least 4 members (excludes halogenated alkanes) is 1. The fraction of sp³-hybridized carbons (Fsp3) is 1.00. The maximum Gasteiger partial charge on any atom is 0.0700 e. The molecule has 1 heterocycles. The molecule has 4 heteroatoms. The molecule has 0 spiro atoms. The third-order valence-corrected chi connectivity index (χ3v) is 3.54. The van der Waals surface area contributed by atoms with Crippen LogP contribution in [0.15, 0.2) is 0 Å². The van der Waals surface area contributed by atoms with Crippen molar-refractivity contribution in [1.82, 2.24) is 10.2 Å². The van der Waals surface area contributed by atoms with Crippen LogP contribution in [0.3, 0.4) is 0 Å². The number of nitrogens with zero attached hydrogens (tertiary/aromatic N) is 1. The number of piperazine rings is 1. The summed E-state index contributed by atoms with van der Waals surface area (Å²) in [5, 5.41) is 3.59. The topological polar surface area (TPSA) is 33.7 Å². The Morgan fingerprint density at radius 3 is 2.78 bits per heavy atom. The van der Waals surface area contributed by atoms with Gasteiger partial charge in [0.05, 0.1) is 13.2 Å². The second kappa shape index (κ2) is 9.73. The van der Waals surface area contributed by atoms with E-state index >= 15 is 0 Å². The van der Waals surface area contributed by atoms with Crippen molar-refractivity contribution in [3.05, 3.63) is 0 Å². The van der Waals surface area contributed by atoms with E-state index < -0.39 is 0 Å². The maximum absolute atomic E-state index is 5.47. The molecular formula is C14H30N2O2. The van der Waals surface area contributed by atoms with Crippen LogP contribution in [0.4, 0.5) is 0 Å². The molecule has 1 fully saturated rings. The first kappa shape index (κ1) is 15.9. The Balaban J connectivity index is 1.98. The van der Waals surface area contributed by atoms with E-state index in [2.05, 4.69) is 24.1 Å². The summed E-state index contributed by atoms with van der Waals surface area (Å²) in [5.41, 5.74) is 0. The third-order valence-electron chi connectivity index (χ3n) is 3.54. The van der Waals surface area contributed by atoms with E-state index in [0.29, 0.717) is 12.6 Å². The van der Waals surface area contributed by atoms with Crippen molar-refractivity contribution >= 4 is 0 Å². The molecule has 1 aliphatic rings. The third kappa shape index (κ3) is 6.69. The van der Waals surface area contributed by atoms with E-state index in [4.69, 9.17) is 9.47 Å². The lowest BCUT2D eigenvalue weighted by molar-refractivity contribution is 0.0669. The van der Waals surface area contributed by atoms with Crippen molar-refractivity contribution in [3.8, 4) is 0 Å². The van der Waals surface area contributed by atoms with Gasteiger partial charge in [0.1, 0.15) is 0 Å². The van der Waals surface area contributed by atoms with Gasteiger partial charge in [-0.2, -0.15) is 0 Å². The number of hydrogen-bond acceptors (Lipinski definition) is 4. The van der Waals surface area contributed by atoms with Gasteiger partial charge in [0.2, 0.25) is 0 Å². The lowest BCUT2D eigenvalue weighted by Crippen LogP contribution is -2.52. The highest BCUT2D eigenvalue weighted by Crippen LogP contribution is 2.08. The zero-order valence-corrected chi connectivity index (χ0v) is 12.3. The summed E-state index contributed by atoms with van der Waals surface area (Å²) in [4.78, 5) is 2.58. The molecule has 0 radical (unpaired) electrons. The van der Waals surface area contributed by atoms with Crippen molar-refractivity contribution in [2.75, 3.05) is 53.1 Å². The van der Waals surface area contributed by atoms with Gasteiger partial charge in [0.15, 0.2) is 0 Å². The number of methoxy groups -OCH3 is 1. The van der Waals surface area contributed by atoms with Crippen LogP contribution >= 0.6 is 0 Å². The molecule has 1 rings (SSSR count). The summed E-state index contributed by atoms with van der Waals surface area (Å²) in [5.74, 6) is 0.727. The number of nitrogens with one attached hydrogen (secondary N) is 1. The van der Waals surface area contributed by atoms with Gasteiger partial charge in [-0.1, -0.05) is 13.8 Å². The Bertz CT molecular complexity index is 200. The molecule has 0 aliphatic carbocycles. The van der Waals surface area contributed by atoms with Gasteiger partial charge >= 0.3 is 0 Å². The van der Waals surface area contributed by atoms with E-state index in [1.165, 1.54) is 26.1 Å². The van der Waals surface area contributed by atoms with Gasteiger partial charge in [0.25, 0.3) is 0 Å². The Labute approximate surface area is 112 Å². The summed E-state index contributed by atoms with van der Waals surface area (Å²) in [6.07, 6.45) is 2.39. The van der Waals surface area contributed by atoms with E-state index in [1.54, 1.807) is 7.11 Å². The van der Waals surface area contributed by atoms with Crippen LogP contribution in [-0.4, -0.2) is 64.1 Å². The molecule has 0 amide bonds. The zero-order chi connectivity index (χ0) is 13.2. The molecule has 18 heavy (non-hydrogen) atoms. The molecule has 0 saturated carbocycles. The fourth-order valence-corrected chi connectivity index (χ4v) is 2.28. The Kier molecular flexibility index (Phi) is 8.59. The average molecular weight is 258 g/mol. The largest absolute Gasteiger partial charge is 0.382 e. The van der Waals surface area contributed by atoms with E-state index in [-0.39, 0.29) is 0 Å². The average Bonchev–Trinajstić information content (AvgIpc) is 2.38. The minimum absolute atomic E-state index is 0.664. The van der Waals surface area contributed by atoms with Gasteiger partial charge in [-0.25, -0.2) is 0 Å². The molecule has 108 valence electrons. The van der Waals surface area contributed by atoms with Crippen molar-refractivity contribution in [2.24, 2.45) is 5.92 Å². The van der Waals surface area contributed by atoms with Crippen LogP contribution in [0.5, 0.6) is 0 Å². The highest BCUT2D eigenvalue weighted by Gasteiger charge is 2.20. The molecule has 0 bridgehead atoms. The summed E-state index contributed by atoms with van der Waals surface area (Å²) < 4.78 is 10.4. The summed E-state index contributed by atoms with van der Waals surface area (Å²) in [6, 6.07) is 0.664. The summed E-state index contributed by atoms with van der Waals surface area (Å²) in [6.45, 7) is 11.6. The standard InChI is InChI=1S/C14H30N2O2/c1-13(2)14-12-16(8-6-15-14)7-4-5-9-18-11-10-17-3/h13-15H,4-12H2,1-3H3. The van der Waals surface area contributed by atoms with Crippen LogP contribution in [0.2, 0.25) is 0 Å². The predicted octanol–water partition coefficient (Wildman–Crippen LogP) is 1.36. The zero-order valence-electron chi connectivity index (χ0n) is 12.3. The lowest BCUT2D eigenvalue weighted by Gasteiger charge is -2.35. The van der Waals surface area contributed by atoms with Crippen molar-refractivity contribution in [3.63, 3.8) is 0 Å². The van der Waals surface area contributed by atoms with Crippen LogP contribution in [-0.2, 0) is 9.47 Å². The van der Waals surface area contributed by atoms with E-state index in [0.717, 1.165) is 32.1 Å². The lowest BCUT2D eigenvalue weighted by atomic mass is 10.0. The summed E-state index contributed by atoms with van der Waals surface area (Å²) in [7, 11) is 1.71. The van der Waals surface area contributed by atoms with Gasteiger partial charge in [-0.15, -0.1) is 0 Å². The smallest absolute Gasteiger partial charge is 0.0700 e. The molecule has 1 aliphatic heterocycles. The molecule has 1 saturated heterocycles. The van der Waals surface area contributed by atoms with Crippen molar-refractivity contribution in [2.45, 2.75) is 32.7 Å². The molecule has 4 nitrogen and oxygen atoms in total. The van der Waals surface area contributed by atoms with Gasteiger partial charge in [-0.3, -0.25) is 0 Å². The van der Waals surface area contributed by atoms with Gasteiger partial charge in [0, 0.05) is 39.4 Å². The number of hydrogen-bond donors (Lipinski definition) is 1. The Hall–Kier alpha value is -0.160. The highest BCUT2D eigenvalue weighted by molar-refractivity contribution is 4.80. The van der Waals surface area contributed by atoms with Crippen LogP contribution in [0.25, 0.3) is 0 Å².